The van der Waals surface area contributed by atoms with Gasteiger partial charge in [0.05, 0.1) is 43.0 Å². The van der Waals surface area contributed by atoms with E-state index in [2.05, 4.69) is 55.7 Å². The van der Waals surface area contributed by atoms with E-state index in [-0.39, 0.29) is 61.0 Å². The van der Waals surface area contributed by atoms with Crippen molar-refractivity contribution in [2.24, 2.45) is 63.6 Å². The van der Waals surface area contributed by atoms with E-state index in [0.717, 1.165) is 77.4 Å². The van der Waals surface area contributed by atoms with Gasteiger partial charge in [0.2, 0.25) is 0 Å². The topological polar surface area (TPSA) is 189 Å². The van der Waals surface area contributed by atoms with Gasteiger partial charge in [-0.2, -0.15) is 0 Å². The third-order valence-electron chi connectivity index (χ3n) is 20.4. The van der Waals surface area contributed by atoms with E-state index in [9.17, 15) is 24.9 Å². The van der Waals surface area contributed by atoms with E-state index in [1.165, 1.54) is 5.56 Å². The SMILES string of the molecule is CC(C)CCC1(C)OC2CC(=O)OCC23C1C(=O)C(O)C1(C2CCCC(Cc4ccccc4)C2)C3CCC2(C)C(c3ccoc3CC(C(O)CO)C3CCC(C4CNCN4)CC3)OC(=O)C3OC321. The lowest BCUT2D eigenvalue weighted by atomic mass is 9.32. The summed E-state index contributed by atoms with van der Waals surface area (Å²) >= 11 is 0. The fourth-order valence-corrected chi connectivity index (χ4v) is 17.4. The minimum Gasteiger partial charge on any atom is -0.469 e. The quantitative estimate of drug-likeness (QED) is 0.110. The Balaban J connectivity index is 1.00. The molecule has 5 N–H and O–H groups in total. The van der Waals surface area contributed by atoms with Crippen LogP contribution < -0.4 is 10.6 Å². The molecule has 68 heavy (non-hydrogen) atoms. The van der Waals surface area contributed by atoms with Crippen LogP contribution in [-0.4, -0.2) is 101 Å². The van der Waals surface area contributed by atoms with Crippen LogP contribution in [0.5, 0.6) is 0 Å². The average molecular weight is 941 g/mol. The van der Waals surface area contributed by atoms with Crippen LogP contribution in [0.1, 0.15) is 134 Å². The lowest BCUT2D eigenvalue weighted by Gasteiger charge is -2.70. The van der Waals surface area contributed by atoms with Gasteiger partial charge in [-0.1, -0.05) is 63.9 Å². The van der Waals surface area contributed by atoms with Crippen LogP contribution in [0.4, 0.5) is 0 Å². The van der Waals surface area contributed by atoms with Crippen molar-refractivity contribution in [1.29, 1.82) is 0 Å². The summed E-state index contributed by atoms with van der Waals surface area (Å²) in [5, 5.41) is 42.7. The van der Waals surface area contributed by atoms with Crippen LogP contribution in [0.15, 0.2) is 47.1 Å². The zero-order valence-corrected chi connectivity index (χ0v) is 40.7. The molecule has 2 aromatic rings. The summed E-state index contributed by atoms with van der Waals surface area (Å²) in [7, 11) is 0. The van der Waals surface area contributed by atoms with Crippen LogP contribution in [-0.2, 0) is 46.2 Å². The highest BCUT2D eigenvalue weighted by Crippen LogP contribution is 2.83. The molecule has 11 rings (SSSR count). The predicted octanol–water partition coefficient (Wildman–Crippen LogP) is 6.39. The first-order valence-electron chi connectivity index (χ1n) is 26.5. The van der Waals surface area contributed by atoms with E-state index >= 15 is 4.79 Å². The van der Waals surface area contributed by atoms with Crippen LogP contribution in [0, 0.1) is 63.6 Å². The number of aliphatic hydroxyl groups excluding tert-OH is 3. The van der Waals surface area contributed by atoms with E-state index in [4.69, 9.17) is 23.4 Å². The molecule has 6 heterocycles. The number of ketones is 1. The van der Waals surface area contributed by atoms with E-state index in [1.54, 1.807) is 6.26 Å². The fraction of sp³-hybridized carbons (Fsp3) is 0.764. The number of cyclic esters (lactones) is 2. The Hall–Kier alpha value is -3.17. The Bertz CT molecular complexity index is 2200. The van der Waals surface area contributed by atoms with Gasteiger partial charge in [0.15, 0.2) is 11.9 Å². The summed E-state index contributed by atoms with van der Waals surface area (Å²) in [4.78, 5) is 44.3. The molecule has 13 heteroatoms. The number of ether oxygens (including phenoxy) is 4. The monoisotopic (exact) mass is 941 g/mol. The number of hydrogen-bond donors (Lipinski definition) is 5. The zero-order chi connectivity index (χ0) is 47.4. The molecule has 16 unspecified atom stereocenters. The molecule has 16 atom stereocenters. The van der Waals surface area contributed by atoms with Crippen molar-refractivity contribution in [3.05, 3.63) is 59.5 Å². The van der Waals surface area contributed by atoms with Crippen molar-refractivity contribution >= 4 is 17.7 Å². The van der Waals surface area contributed by atoms with Gasteiger partial charge in [0.25, 0.3) is 0 Å². The second-order valence-corrected chi connectivity index (χ2v) is 24.0. The number of hydrogen-bond acceptors (Lipinski definition) is 13. The molecule has 4 aliphatic carbocycles. The third kappa shape index (κ3) is 6.96. The smallest absolute Gasteiger partial charge is 0.339 e. The fourth-order valence-electron chi connectivity index (χ4n) is 17.4. The maximum Gasteiger partial charge on any atom is 0.339 e. The van der Waals surface area contributed by atoms with Gasteiger partial charge in [0.1, 0.15) is 30.2 Å². The summed E-state index contributed by atoms with van der Waals surface area (Å²) < 4.78 is 33.5. The summed E-state index contributed by atoms with van der Waals surface area (Å²) in [5.74, 6) is -0.782. The van der Waals surface area contributed by atoms with Crippen LogP contribution in [0.25, 0.3) is 0 Å². The number of epoxide rings is 1. The van der Waals surface area contributed by atoms with Gasteiger partial charge in [-0.3, -0.25) is 9.59 Å². The molecular weight excluding hydrogens is 865 g/mol. The number of esters is 2. The molecule has 4 saturated carbocycles. The van der Waals surface area contributed by atoms with Gasteiger partial charge in [-0.25, -0.2) is 4.79 Å². The second-order valence-electron chi connectivity index (χ2n) is 24.0. The molecule has 5 aliphatic heterocycles. The maximum atomic E-state index is 16.0. The molecule has 0 bridgehead atoms. The number of Topliss-reactive ketones (excluding diaryl/α,β-unsaturated/α-hetero) is 1. The van der Waals surface area contributed by atoms with Crippen molar-refractivity contribution in [3.8, 4) is 0 Å². The van der Waals surface area contributed by atoms with Crippen molar-refractivity contribution in [3.63, 3.8) is 0 Å². The van der Waals surface area contributed by atoms with Gasteiger partial charge in [-0.15, -0.1) is 0 Å². The molecule has 13 nitrogen and oxygen atoms in total. The van der Waals surface area contributed by atoms with Crippen LogP contribution >= 0.6 is 0 Å². The third-order valence-corrected chi connectivity index (χ3v) is 20.4. The highest BCUT2D eigenvalue weighted by Gasteiger charge is 2.93. The number of fused-ring (bicyclic) bond motifs is 1. The number of carbonyl (C=O) groups excluding carboxylic acids is 3. The highest BCUT2D eigenvalue weighted by atomic mass is 16.7. The van der Waals surface area contributed by atoms with E-state index < -0.39 is 69.9 Å². The molecule has 9 fully saturated rings. The molecule has 2 spiro atoms. The minimum atomic E-state index is -1.48. The molecule has 372 valence electrons. The Morgan fingerprint density at radius 1 is 0.941 bits per heavy atom. The minimum absolute atomic E-state index is 0.0191. The number of benzene rings is 1. The van der Waals surface area contributed by atoms with Crippen molar-refractivity contribution in [1.82, 2.24) is 10.6 Å². The largest absolute Gasteiger partial charge is 0.469 e. The number of carbonyl (C=O) groups is 3. The summed E-state index contributed by atoms with van der Waals surface area (Å²) in [5.41, 5.74) is -3.40. The molecule has 5 saturated heterocycles. The molecule has 0 amide bonds. The molecule has 0 radical (unpaired) electrons. The van der Waals surface area contributed by atoms with Crippen molar-refractivity contribution in [2.75, 3.05) is 26.4 Å². The Labute approximate surface area is 401 Å². The van der Waals surface area contributed by atoms with E-state index in [1.807, 2.05) is 19.1 Å². The first-order chi connectivity index (χ1) is 32.7. The van der Waals surface area contributed by atoms with Crippen molar-refractivity contribution in [2.45, 2.75) is 172 Å². The summed E-state index contributed by atoms with van der Waals surface area (Å²) in [6, 6.07) is 12.9. The van der Waals surface area contributed by atoms with Gasteiger partial charge >= 0.3 is 11.9 Å². The molecule has 1 aromatic carbocycles. The van der Waals surface area contributed by atoms with Crippen LogP contribution in [0.2, 0.25) is 0 Å². The summed E-state index contributed by atoms with van der Waals surface area (Å²) in [6.07, 6.45) is 7.86. The standard InChI is InChI=1S/C55H76N2O11/c1-31(2)17-21-52(4)46-45(61)47(62)54(36-12-8-11-33(24-36)23-32-9-6-5-7-10-32)42(53(46)29-65-44(60)26-43(53)67-52)18-20-51(3)48(66-50(63)49-55(51,54)68-49)37-19-22-64-41(37)25-38(40(59)28-58)34-13-15-35(16-14-34)39-27-56-30-57-39/h5-7,9-10,19,22,31,33-36,38-40,42-43,46-49,56-59,62H,8,11-18,20-21,23-30H2,1-4H3. The predicted molar refractivity (Wildman–Crippen MR) is 249 cm³/mol. The Kier molecular flexibility index (Phi) is 12.2. The lowest BCUT2D eigenvalue weighted by molar-refractivity contribution is -0.276. The van der Waals surface area contributed by atoms with Gasteiger partial charge in [-0.05, 0) is 131 Å². The number of furan rings is 1. The zero-order valence-electron chi connectivity index (χ0n) is 40.7. The Morgan fingerprint density at radius 2 is 1.74 bits per heavy atom. The summed E-state index contributed by atoms with van der Waals surface area (Å²) in [6.45, 7) is 9.92. The maximum absolute atomic E-state index is 16.0. The highest BCUT2D eigenvalue weighted by molar-refractivity contribution is 5.92. The average Bonchev–Trinajstić information content (AvgIpc) is 3.59. The first kappa shape index (κ1) is 47.2. The van der Waals surface area contributed by atoms with Crippen molar-refractivity contribution < 1.29 is 53.1 Å². The number of nitrogens with one attached hydrogen (secondary N) is 2. The molecule has 9 aliphatic rings. The normalized spacial score (nSPS) is 45.0. The van der Waals surface area contributed by atoms with Crippen LogP contribution in [0.3, 0.4) is 0 Å². The lowest BCUT2D eigenvalue weighted by Crippen LogP contribution is -2.79. The molecule has 1 aromatic heterocycles. The number of aliphatic hydroxyl groups is 3. The molecular formula is C55H76N2O11. The van der Waals surface area contributed by atoms with Gasteiger partial charge < -0.3 is 49.3 Å². The van der Waals surface area contributed by atoms with Gasteiger partial charge in [0, 0.05) is 47.5 Å². The number of rotatable bonds is 13. The Morgan fingerprint density at radius 3 is 2.47 bits per heavy atom. The second kappa shape index (κ2) is 17.5. The first-order valence-corrected chi connectivity index (χ1v) is 26.5. The van der Waals surface area contributed by atoms with E-state index in [0.29, 0.717) is 54.9 Å².